The van der Waals surface area contributed by atoms with Crippen molar-refractivity contribution in [1.29, 1.82) is 0 Å². The Kier molecular flexibility index (Phi) is 5.66. The molecule has 1 aliphatic rings. The molecule has 3 nitrogen and oxygen atoms in total. The first-order valence-corrected chi connectivity index (χ1v) is 8.61. The molecule has 0 N–H and O–H groups in total. The van der Waals surface area contributed by atoms with Crippen molar-refractivity contribution >= 4 is 0 Å². The first kappa shape index (κ1) is 17.8. The second kappa shape index (κ2) is 7.93. The smallest absolute Gasteiger partial charge is 0.165 e. The van der Waals surface area contributed by atoms with Gasteiger partial charge in [-0.2, -0.15) is 0 Å². The molecule has 0 spiro atoms. The van der Waals surface area contributed by atoms with Crippen molar-refractivity contribution in [1.82, 2.24) is 9.80 Å². The van der Waals surface area contributed by atoms with Gasteiger partial charge in [0.1, 0.15) is 5.82 Å². The first-order chi connectivity index (χ1) is 12.1. The van der Waals surface area contributed by atoms with Crippen LogP contribution in [0, 0.1) is 11.6 Å². The molecule has 2 aromatic carbocycles. The van der Waals surface area contributed by atoms with Crippen molar-refractivity contribution in [2.75, 3.05) is 33.3 Å². The zero-order valence-electron chi connectivity index (χ0n) is 14.7. The second-order valence-electron chi connectivity index (χ2n) is 6.51. The Hall–Kier alpha value is -1.98. The van der Waals surface area contributed by atoms with Gasteiger partial charge in [0.25, 0.3) is 0 Å². The molecule has 0 aromatic heterocycles. The lowest BCUT2D eigenvalue weighted by molar-refractivity contribution is 0.0977. The molecular formula is C20H24F2N2O. The summed E-state index contributed by atoms with van der Waals surface area (Å²) in [6.45, 7) is 6.49. The third-order valence-electron chi connectivity index (χ3n) is 4.91. The summed E-state index contributed by atoms with van der Waals surface area (Å²) in [6, 6.07) is 12.1. The Bertz CT molecular complexity index is 715. The summed E-state index contributed by atoms with van der Waals surface area (Å²) in [6.07, 6.45) is 0. The highest BCUT2D eigenvalue weighted by Crippen LogP contribution is 2.23. The minimum atomic E-state index is -0.321. The molecule has 1 atom stereocenters. The van der Waals surface area contributed by atoms with Gasteiger partial charge in [0.05, 0.1) is 7.11 Å². The highest BCUT2D eigenvalue weighted by molar-refractivity contribution is 5.29. The molecule has 0 bridgehead atoms. The van der Waals surface area contributed by atoms with Crippen LogP contribution in [0.15, 0.2) is 42.5 Å². The van der Waals surface area contributed by atoms with Crippen LogP contribution in [0.1, 0.15) is 24.1 Å². The molecule has 0 saturated carbocycles. The van der Waals surface area contributed by atoms with Crippen LogP contribution in [-0.4, -0.2) is 43.1 Å². The maximum absolute atomic E-state index is 13.8. The minimum Gasteiger partial charge on any atom is -0.494 e. The normalized spacial score (nSPS) is 17.4. The van der Waals surface area contributed by atoms with Crippen LogP contribution in [0.3, 0.4) is 0 Å². The number of halogens is 2. The van der Waals surface area contributed by atoms with Crippen LogP contribution in [0.4, 0.5) is 8.78 Å². The number of hydrogen-bond acceptors (Lipinski definition) is 3. The SMILES string of the molecule is COc1ccc(CN2CCN(C(C)c3cccc(F)c3)CC2)cc1F. The number of methoxy groups -OCH3 is 1. The average molecular weight is 346 g/mol. The van der Waals surface area contributed by atoms with E-state index in [2.05, 4.69) is 16.7 Å². The fraction of sp³-hybridized carbons (Fsp3) is 0.400. The summed E-state index contributed by atoms with van der Waals surface area (Å²) < 4.78 is 32.2. The molecule has 134 valence electrons. The first-order valence-electron chi connectivity index (χ1n) is 8.61. The predicted molar refractivity (Wildman–Crippen MR) is 94.6 cm³/mol. The van der Waals surface area contributed by atoms with Crippen molar-refractivity contribution in [3.63, 3.8) is 0 Å². The van der Waals surface area contributed by atoms with Gasteiger partial charge in [0, 0.05) is 38.8 Å². The van der Waals surface area contributed by atoms with Crippen molar-refractivity contribution in [3.05, 3.63) is 65.2 Å². The summed E-state index contributed by atoms with van der Waals surface area (Å²) >= 11 is 0. The van der Waals surface area contributed by atoms with Gasteiger partial charge in [0.15, 0.2) is 11.6 Å². The highest BCUT2D eigenvalue weighted by atomic mass is 19.1. The fourth-order valence-electron chi connectivity index (χ4n) is 3.35. The summed E-state index contributed by atoms with van der Waals surface area (Å²) in [4.78, 5) is 4.68. The van der Waals surface area contributed by atoms with E-state index in [4.69, 9.17) is 4.74 Å². The van der Waals surface area contributed by atoms with Gasteiger partial charge in [-0.25, -0.2) is 8.78 Å². The predicted octanol–water partition coefficient (Wildman–Crippen LogP) is 3.85. The molecule has 1 heterocycles. The zero-order valence-corrected chi connectivity index (χ0v) is 14.7. The lowest BCUT2D eigenvalue weighted by atomic mass is 10.1. The van der Waals surface area contributed by atoms with Crippen molar-refractivity contribution in [2.45, 2.75) is 19.5 Å². The van der Waals surface area contributed by atoms with Gasteiger partial charge >= 0.3 is 0 Å². The van der Waals surface area contributed by atoms with Gasteiger partial charge in [-0.3, -0.25) is 9.80 Å². The molecule has 1 fully saturated rings. The summed E-state index contributed by atoms with van der Waals surface area (Å²) in [5, 5.41) is 0. The number of benzene rings is 2. The van der Waals surface area contributed by atoms with E-state index in [-0.39, 0.29) is 23.4 Å². The van der Waals surface area contributed by atoms with E-state index in [1.807, 2.05) is 12.1 Å². The number of rotatable bonds is 5. The van der Waals surface area contributed by atoms with Gasteiger partial charge in [-0.05, 0) is 42.3 Å². The third-order valence-corrected chi connectivity index (χ3v) is 4.91. The molecule has 2 aromatic rings. The van der Waals surface area contributed by atoms with Gasteiger partial charge in [-0.1, -0.05) is 18.2 Å². The lowest BCUT2D eigenvalue weighted by Gasteiger charge is -2.38. The maximum Gasteiger partial charge on any atom is 0.165 e. The number of nitrogens with zero attached hydrogens (tertiary/aromatic N) is 2. The summed E-state index contributed by atoms with van der Waals surface area (Å²) in [7, 11) is 1.47. The average Bonchev–Trinajstić information content (AvgIpc) is 2.62. The van der Waals surface area contributed by atoms with E-state index < -0.39 is 0 Å². The van der Waals surface area contributed by atoms with Crippen LogP contribution in [0.25, 0.3) is 0 Å². The van der Waals surface area contributed by atoms with E-state index in [9.17, 15) is 8.78 Å². The summed E-state index contributed by atoms with van der Waals surface area (Å²) in [5.74, 6) is -0.236. The van der Waals surface area contributed by atoms with E-state index in [0.29, 0.717) is 0 Å². The number of hydrogen-bond donors (Lipinski definition) is 0. The van der Waals surface area contributed by atoms with Crippen LogP contribution < -0.4 is 4.74 Å². The van der Waals surface area contributed by atoms with E-state index >= 15 is 0 Å². The molecular weight excluding hydrogens is 322 g/mol. The third kappa shape index (κ3) is 4.35. The number of ether oxygens (including phenoxy) is 1. The highest BCUT2D eigenvalue weighted by Gasteiger charge is 2.22. The zero-order chi connectivity index (χ0) is 17.8. The molecule has 25 heavy (non-hydrogen) atoms. The molecule has 5 heteroatoms. The Balaban J connectivity index is 1.56. The monoisotopic (exact) mass is 346 g/mol. The van der Waals surface area contributed by atoms with Crippen LogP contribution in [0.5, 0.6) is 5.75 Å². The van der Waals surface area contributed by atoms with Gasteiger partial charge in [0.2, 0.25) is 0 Å². The van der Waals surface area contributed by atoms with Crippen LogP contribution in [-0.2, 0) is 6.54 Å². The lowest BCUT2D eigenvalue weighted by Crippen LogP contribution is -2.46. The summed E-state index contributed by atoms with van der Waals surface area (Å²) in [5.41, 5.74) is 1.95. The molecule has 0 radical (unpaired) electrons. The maximum atomic E-state index is 13.8. The fourth-order valence-corrected chi connectivity index (χ4v) is 3.35. The Morgan fingerprint density at radius 3 is 2.44 bits per heavy atom. The Labute approximate surface area is 147 Å². The molecule has 0 aliphatic carbocycles. The Morgan fingerprint density at radius 2 is 1.80 bits per heavy atom. The molecule has 1 unspecified atom stereocenters. The molecule has 1 saturated heterocycles. The van der Waals surface area contributed by atoms with Crippen molar-refractivity contribution in [2.24, 2.45) is 0 Å². The van der Waals surface area contributed by atoms with Gasteiger partial charge < -0.3 is 4.74 Å². The van der Waals surface area contributed by atoms with Crippen molar-refractivity contribution < 1.29 is 13.5 Å². The topological polar surface area (TPSA) is 15.7 Å². The molecule has 0 amide bonds. The Morgan fingerprint density at radius 1 is 1.04 bits per heavy atom. The van der Waals surface area contributed by atoms with Crippen molar-refractivity contribution in [3.8, 4) is 5.75 Å². The quantitative estimate of drug-likeness (QED) is 0.818. The standard InChI is InChI=1S/C20H24F2N2O/c1-15(17-4-3-5-18(21)13-17)24-10-8-23(9-11-24)14-16-6-7-20(25-2)19(22)12-16/h3-7,12-13,15H,8-11,14H2,1-2H3. The van der Waals surface area contributed by atoms with Crippen LogP contribution >= 0.6 is 0 Å². The number of piperazine rings is 1. The van der Waals surface area contributed by atoms with E-state index in [0.717, 1.165) is 43.9 Å². The van der Waals surface area contributed by atoms with Gasteiger partial charge in [-0.15, -0.1) is 0 Å². The largest absolute Gasteiger partial charge is 0.494 e. The molecule has 1 aliphatic heterocycles. The van der Waals surface area contributed by atoms with E-state index in [1.54, 1.807) is 24.3 Å². The molecule has 3 rings (SSSR count). The van der Waals surface area contributed by atoms with E-state index in [1.165, 1.54) is 13.2 Å². The second-order valence-corrected chi connectivity index (χ2v) is 6.51. The minimum absolute atomic E-state index is 0.190. The van der Waals surface area contributed by atoms with Crippen LogP contribution in [0.2, 0.25) is 0 Å².